The molecule has 4 heteroatoms. The molecule has 2 heterocycles. The van der Waals surface area contributed by atoms with Crippen LogP contribution in [0.15, 0.2) is 28.7 Å². The van der Waals surface area contributed by atoms with Crippen LogP contribution in [-0.4, -0.2) is 9.38 Å². The average molecular weight is 187 g/mol. The summed E-state index contributed by atoms with van der Waals surface area (Å²) in [5.41, 5.74) is 8.46. The topological polar surface area (TPSA) is 56.5 Å². The van der Waals surface area contributed by atoms with Gasteiger partial charge in [-0.05, 0) is 19.1 Å². The number of hydrogen-bond donors (Lipinski definition) is 1. The molecule has 2 aromatic heterocycles. The van der Waals surface area contributed by atoms with E-state index in [1.807, 2.05) is 35.6 Å². The second kappa shape index (κ2) is 2.29. The highest BCUT2D eigenvalue weighted by atomic mass is 16.4. The van der Waals surface area contributed by atoms with Crippen molar-refractivity contribution in [1.82, 2.24) is 9.38 Å². The van der Waals surface area contributed by atoms with Crippen LogP contribution in [0.3, 0.4) is 0 Å². The summed E-state index contributed by atoms with van der Waals surface area (Å²) in [5, 5.41) is 0. The zero-order chi connectivity index (χ0) is 9.71. The third-order valence-electron chi connectivity index (χ3n) is 2.37. The fraction of sp³-hybridized carbons (Fsp3) is 0.100. The summed E-state index contributed by atoms with van der Waals surface area (Å²) in [6, 6.07) is 7.74. The van der Waals surface area contributed by atoms with Crippen LogP contribution >= 0.6 is 0 Å². The maximum absolute atomic E-state index is 5.89. The van der Waals surface area contributed by atoms with Crippen LogP contribution in [0.1, 0.15) is 5.69 Å². The normalized spacial score (nSPS) is 11.5. The van der Waals surface area contributed by atoms with E-state index in [2.05, 4.69) is 4.98 Å². The highest BCUT2D eigenvalue weighted by molar-refractivity contribution is 5.78. The van der Waals surface area contributed by atoms with Crippen molar-refractivity contribution >= 4 is 22.8 Å². The Kier molecular flexibility index (Phi) is 1.21. The summed E-state index contributed by atoms with van der Waals surface area (Å²) in [4.78, 5) is 4.22. The van der Waals surface area contributed by atoms with Gasteiger partial charge >= 0.3 is 5.84 Å². The van der Waals surface area contributed by atoms with E-state index in [0.717, 1.165) is 16.8 Å². The van der Waals surface area contributed by atoms with Gasteiger partial charge in [-0.1, -0.05) is 12.1 Å². The lowest BCUT2D eigenvalue weighted by Crippen LogP contribution is -1.92. The first kappa shape index (κ1) is 7.44. The van der Waals surface area contributed by atoms with Crippen LogP contribution in [-0.2, 0) is 0 Å². The van der Waals surface area contributed by atoms with Crippen LogP contribution in [0.5, 0.6) is 0 Å². The molecule has 0 saturated carbocycles. The molecule has 0 fully saturated rings. The van der Waals surface area contributed by atoms with Crippen molar-refractivity contribution in [2.24, 2.45) is 0 Å². The first-order valence-electron chi connectivity index (χ1n) is 4.39. The van der Waals surface area contributed by atoms with E-state index in [4.69, 9.17) is 10.2 Å². The second-order valence-electron chi connectivity index (χ2n) is 3.27. The number of anilines is 1. The first-order valence-corrected chi connectivity index (χ1v) is 4.39. The molecule has 14 heavy (non-hydrogen) atoms. The minimum atomic E-state index is 0.557. The molecular weight excluding hydrogens is 178 g/mol. The van der Waals surface area contributed by atoms with Gasteiger partial charge in [-0.3, -0.25) is 0 Å². The van der Waals surface area contributed by atoms with Gasteiger partial charge in [-0.15, -0.1) is 0 Å². The third kappa shape index (κ3) is 0.750. The minimum absolute atomic E-state index is 0.557. The molecule has 0 bridgehead atoms. The van der Waals surface area contributed by atoms with Crippen molar-refractivity contribution in [3.8, 4) is 0 Å². The molecule has 3 aromatic rings. The fourth-order valence-electron chi connectivity index (χ4n) is 1.64. The molecule has 0 spiro atoms. The number of para-hydroxylation sites is 2. The number of nitrogens with zero attached hydrogens (tertiary/aromatic N) is 2. The molecule has 0 unspecified atom stereocenters. The van der Waals surface area contributed by atoms with Crippen molar-refractivity contribution in [1.29, 1.82) is 0 Å². The number of hydrogen-bond acceptors (Lipinski definition) is 3. The van der Waals surface area contributed by atoms with Gasteiger partial charge in [0.25, 0.3) is 0 Å². The van der Waals surface area contributed by atoms with Crippen LogP contribution in [0.4, 0.5) is 5.82 Å². The average Bonchev–Trinajstić information content (AvgIpc) is 2.65. The molecule has 0 amide bonds. The quantitative estimate of drug-likeness (QED) is 0.585. The molecule has 0 aliphatic rings. The Morgan fingerprint density at radius 3 is 3.00 bits per heavy atom. The number of nitrogens with two attached hydrogens (primary N) is 1. The second-order valence-corrected chi connectivity index (χ2v) is 3.27. The smallest absolute Gasteiger partial charge is 0.308 e. The predicted octanol–water partition coefficient (Wildman–Crippen LogP) is 1.97. The van der Waals surface area contributed by atoms with Gasteiger partial charge in [0, 0.05) is 0 Å². The molecule has 70 valence electrons. The highest BCUT2D eigenvalue weighted by Crippen LogP contribution is 2.24. The molecule has 4 nitrogen and oxygen atoms in total. The maximum atomic E-state index is 5.89. The number of benzene rings is 1. The number of rotatable bonds is 0. The van der Waals surface area contributed by atoms with Gasteiger partial charge in [0.1, 0.15) is 5.82 Å². The van der Waals surface area contributed by atoms with Crippen molar-refractivity contribution in [2.75, 3.05) is 5.73 Å². The zero-order valence-electron chi connectivity index (χ0n) is 7.69. The fourth-order valence-corrected chi connectivity index (χ4v) is 1.64. The molecular formula is C10H9N3O. The van der Waals surface area contributed by atoms with Crippen LogP contribution < -0.4 is 5.73 Å². The van der Waals surface area contributed by atoms with Gasteiger partial charge in [-0.2, -0.15) is 4.98 Å². The lowest BCUT2D eigenvalue weighted by Gasteiger charge is -1.91. The lowest BCUT2D eigenvalue weighted by atomic mass is 10.3. The Hall–Kier alpha value is -1.97. The molecule has 2 N–H and O–H groups in total. The summed E-state index contributed by atoms with van der Waals surface area (Å²) in [7, 11) is 0. The largest absolute Gasteiger partial charge is 0.423 e. The summed E-state index contributed by atoms with van der Waals surface area (Å²) in [5.74, 6) is 1.20. The Labute approximate surface area is 80.0 Å². The Morgan fingerprint density at radius 2 is 2.14 bits per heavy atom. The van der Waals surface area contributed by atoms with Crippen LogP contribution in [0.2, 0.25) is 0 Å². The van der Waals surface area contributed by atoms with Gasteiger partial charge in [0.15, 0.2) is 5.58 Å². The summed E-state index contributed by atoms with van der Waals surface area (Å²) in [6.07, 6.45) is 0. The standard InChI is InChI=1S/C10H9N3O/c1-6-9(11)13-7-4-2-3-5-8(7)14-10(13)12-6/h2-5H,11H2,1H3. The molecule has 0 saturated heterocycles. The van der Waals surface area contributed by atoms with E-state index >= 15 is 0 Å². The predicted molar refractivity (Wildman–Crippen MR) is 54.1 cm³/mol. The number of nitrogen functional groups attached to an aromatic ring is 1. The van der Waals surface area contributed by atoms with Gasteiger partial charge in [0.2, 0.25) is 0 Å². The van der Waals surface area contributed by atoms with E-state index in [9.17, 15) is 0 Å². The van der Waals surface area contributed by atoms with Crippen molar-refractivity contribution < 1.29 is 4.42 Å². The van der Waals surface area contributed by atoms with Crippen molar-refractivity contribution in [3.63, 3.8) is 0 Å². The van der Waals surface area contributed by atoms with Crippen molar-refractivity contribution in [2.45, 2.75) is 6.92 Å². The summed E-state index contributed by atoms with van der Waals surface area (Å²) < 4.78 is 7.35. The van der Waals surface area contributed by atoms with E-state index in [1.54, 1.807) is 0 Å². The van der Waals surface area contributed by atoms with Crippen LogP contribution in [0.25, 0.3) is 16.9 Å². The SMILES string of the molecule is Cc1nc2oc3ccccc3n2c1N. The monoisotopic (exact) mass is 187 g/mol. The number of oxazole rings is 1. The third-order valence-corrected chi connectivity index (χ3v) is 2.37. The van der Waals surface area contributed by atoms with E-state index in [-0.39, 0.29) is 0 Å². The molecule has 1 aromatic carbocycles. The van der Waals surface area contributed by atoms with E-state index in [0.29, 0.717) is 11.7 Å². The Morgan fingerprint density at radius 1 is 1.36 bits per heavy atom. The van der Waals surface area contributed by atoms with E-state index in [1.165, 1.54) is 0 Å². The van der Waals surface area contributed by atoms with E-state index < -0.39 is 0 Å². The summed E-state index contributed by atoms with van der Waals surface area (Å²) >= 11 is 0. The number of imidazole rings is 1. The molecule has 0 radical (unpaired) electrons. The Balaban J connectivity index is 2.62. The first-order chi connectivity index (χ1) is 6.77. The van der Waals surface area contributed by atoms with Gasteiger partial charge < -0.3 is 10.2 Å². The summed E-state index contributed by atoms with van der Waals surface area (Å²) in [6.45, 7) is 1.87. The molecule has 3 rings (SSSR count). The van der Waals surface area contributed by atoms with Gasteiger partial charge in [0.05, 0.1) is 11.2 Å². The molecule has 0 aliphatic heterocycles. The van der Waals surface area contributed by atoms with Gasteiger partial charge in [-0.25, -0.2) is 4.40 Å². The number of aryl methyl sites for hydroxylation is 1. The maximum Gasteiger partial charge on any atom is 0.308 e. The van der Waals surface area contributed by atoms with Crippen LogP contribution in [0, 0.1) is 6.92 Å². The minimum Gasteiger partial charge on any atom is -0.423 e. The molecule has 0 aliphatic carbocycles. The lowest BCUT2D eigenvalue weighted by molar-refractivity contribution is 0.641. The highest BCUT2D eigenvalue weighted by Gasteiger charge is 2.12. The number of fused-ring (bicyclic) bond motifs is 3. The zero-order valence-corrected chi connectivity index (χ0v) is 7.69. The number of aromatic nitrogens is 2. The molecule has 0 atom stereocenters. The van der Waals surface area contributed by atoms with Crippen molar-refractivity contribution in [3.05, 3.63) is 30.0 Å². The Bertz CT molecular complexity index is 621.